The molecule has 0 amide bonds. The smallest absolute Gasteiger partial charge is 0.164 e. The molecule has 0 aliphatic heterocycles. The van der Waals surface area contributed by atoms with E-state index in [0.717, 1.165) is 11.3 Å². The van der Waals surface area contributed by atoms with Crippen LogP contribution in [0.15, 0.2) is 48.5 Å². The summed E-state index contributed by atoms with van der Waals surface area (Å²) in [4.78, 5) is 11.9. The molecule has 0 aliphatic carbocycles. The molecule has 2 nitrogen and oxygen atoms in total. The molecule has 0 radical (unpaired) electrons. The number of aryl methyl sites for hydroxylation is 1. The molecule has 0 saturated carbocycles. The number of Topliss-reactive ketones (excluding diaryl/α,β-unsaturated/α-hetero) is 1. The van der Waals surface area contributed by atoms with Crippen molar-refractivity contribution in [3.8, 4) is 0 Å². The van der Waals surface area contributed by atoms with E-state index in [4.69, 9.17) is 0 Å². The molecule has 0 aliphatic rings. The lowest BCUT2D eigenvalue weighted by Crippen LogP contribution is -2.09. The Morgan fingerprint density at radius 2 is 1.79 bits per heavy atom. The number of hydrogen-bond acceptors (Lipinski definition) is 2. The van der Waals surface area contributed by atoms with Gasteiger partial charge in [0.1, 0.15) is 5.82 Å². The molecule has 2 aromatic carbocycles. The molecule has 3 heteroatoms. The summed E-state index contributed by atoms with van der Waals surface area (Å²) in [6.45, 7) is 2.59. The molecule has 98 valence electrons. The van der Waals surface area contributed by atoms with E-state index in [1.54, 1.807) is 0 Å². The number of rotatable bonds is 5. The third-order valence-electron chi connectivity index (χ3n) is 2.98. The first-order chi connectivity index (χ1) is 9.16. The zero-order valence-corrected chi connectivity index (χ0v) is 10.8. The average Bonchev–Trinajstić information content (AvgIpc) is 2.41. The summed E-state index contributed by atoms with van der Waals surface area (Å²) >= 11 is 0. The highest BCUT2D eigenvalue weighted by Crippen LogP contribution is 2.13. The molecule has 0 saturated heterocycles. The first-order valence-corrected chi connectivity index (χ1v) is 6.25. The SMILES string of the molecule is Cc1ccccc1NCCC(=O)c1ccc(F)cc1. The number of anilines is 1. The molecule has 2 rings (SSSR count). The Morgan fingerprint density at radius 3 is 2.47 bits per heavy atom. The Hall–Kier alpha value is -2.16. The third kappa shape index (κ3) is 3.65. The van der Waals surface area contributed by atoms with Crippen LogP contribution in [0.25, 0.3) is 0 Å². The van der Waals surface area contributed by atoms with Gasteiger partial charge in [0, 0.05) is 24.2 Å². The summed E-state index contributed by atoms with van der Waals surface area (Å²) in [7, 11) is 0. The van der Waals surface area contributed by atoms with E-state index < -0.39 is 0 Å². The maximum absolute atomic E-state index is 12.7. The van der Waals surface area contributed by atoms with Gasteiger partial charge in [0.15, 0.2) is 5.78 Å². The molecule has 19 heavy (non-hydrogen) atoms. The van der Waals surface area contributed by atoms with Crippen LogP contribution in [0.1, 0.15) is 22.3 Å². The van der Waals surface area contributed by atoms with E-state index in [2.05, 4.69) is 5.32 Å². The van der Waals surface area contributed by atoms with Crippen LogP contribution in [-0.2, 0) is 0 Å². The minimum Gasteiger partial charge on any atom is -0.384 e. The minimum absolute atomic E-state index is 0.0149. The van der Waals surface area contributed by atoms with Gasteiger partial charge in [0.2, 0.25) is 0 Å². The third-order valence-corrected chi connectivity index (χ3v) is 2.98. The van der Waals surface area contributed by atoms with Crippen molar-refractivity contribution in [2.24, 2.45) is 0 Å². The fourth-order valence-corrected chi connectivity index (χ4v) is 1.86. The molecular weight excluding hydrogens is 241 g/mol. The van der Waals surface area contributed by atoms with Gasteiger partial charge < -0.3 is 5.32 Å². The van der Waals surface area contributed by atoms with Gasteiger partial charge >= 0.3 is 0 Å². The molecule has 0 spiro atoms. The lowest BCUT2D eigenvalue weighted by molar-refractivity contribution is 0.0986. The Kier molecular flexibility index (Phi) is 4.29. The number of hydrogen-bond donors (Lipinski definition) is 1. The van der Waals surface area contributed by atoms with Gasteiger partial charge in [0.25, 0.3) is 0 Å². The van der Waals surface area contributed by atoms with Crippen molar-refractivity contribution in [1.29, 1.82) is 0 Å². The van der Waals surface area contributed by atoms with Gasteiger partial charge in [-0.25, -0.2) is 4.39 Å². The Labute approximate surface area is 112 Å². The molecule has 0 bridgehead atoms. The topological polar surface area (TPSA) is 29.1 Å². The zero-order chi connectivity index (χ0) is 13.7. The summed E-state index contributed by atoms with van der Waals surface area (Å²) in [5, 5.41) is 3.23. The number of halogens is 1. The van der Waals surface area contributed by atoms with Gasteiger partial charge in [-0.2, -0.15) is 0 Å². The molecule has 0 aromatic heterocycles. The average molecular weight is 257 g/mol. The van der Waals surface area contributed by atoms with Gasteiger partial charge in [0.05, 0.1) is 0 Å². The number of ketones is 1. The van der Waals surface area contributed by atoms with Crippen LogP contribution in [0.3, 0.4) is 0 Å². The number of carbonyl (C=O) groups is 1. The van der Waals surface area contributed by atoms with Crippen LogP contribution < -0.4 is 5.32 Å². The van der Waals surface area contributed by atoms with Crippen molar-refractivity contribution in [1.82, 2.24) is 0 Å². The van der Waals surface area contributed by atoms with E-state index in [1.165, 1.54) is 24.3 Å². The second-order valence-electron chi connectivity index (χ2n) is 4.42. The highest BCUT2D eigenvalue weighted by molar-refractivity contribution is 5.96. The van der Waals surface area contributed by atoms with Crippen molar-refractivity contribution in [3.63, 3.8) is 0 Å². The molecule has 1 N–H and O–H groups in total. The fraction of sp³-hybridized carbons (Fsp3) is 0.188. The molecular formula is C16H16FNO. The molecule has 0 unspecified atom stereocenters. The van der Waals surface area contributed by atoms with Gasteiger partial charge in [-0.05, 0) is 42.8 Å². The predicted octanol–water partition coefficient (Wildman–Crippen LogP) is 3.82. The molecule has 0 atom stereocenters. The van der Waals surface area contributed by atoms with E-state index in [9.17, 15) is 9.18 Å². The summed E-state index contributed by atoms with van der Waals surface area (Å²) in [6, 6.07) is 13.6. The lowest BCUT2D eigenvalue weighted by Gasteiger charge is -2.08. The second kappa shape index (κ2) is 6.14. The Bertz CT molecular complexity index is 563. The van der Waals surface area contributed by atoms with Crippen molar-refractivity contribution in [2.75, 3.05) is 11.9 Å². The maximum Gasteiger partial charge on any atom is 0.164 e. The van der Waals surface area contributed by atoms with Crippen molar-refractivity contribution < 1.29 is 9.18 Å². The van der Waals surface area contributed by atoms with Crippen LogP contribution in [0.2, 0.25) is 0 Å². The van der Waals surface area contributed by atoms with Gasteiger partial charge in [-0.15, -0.1) is 0 Å². The maximum atomic E-state index is 12.7. The fourth-order valence-electron chi connectivity index (χ4n) is 1.86. The summed E-state index contributed by atoms with van der Waals surface area (Å²) < 4.78 is 12.7. The van der Waals surface area contributed by atoms with Crippen LogP contribution in [-0.4, -0.2) is 12.3 Å². The lowest BCUT2D eigenvalue weighted by atomic mass is 10.1. The molecule has 0 fully saturated rings. The number of para-hydroxylation sites is 1. The van der Waals surface area contributed by atoms with E-state index >= 15 is 0 Å². The normalized spacial score (nSPS) is 10.2. The highest BCUT2D eigenvalue weighted by atomic mass is 19.1. The Balaban J connectivity index is 1.88. The summed E-state index contributed by atoms with van der Waals surface area (Å²) in [6.07, 6.45) is 0.389. The van der Waals surface area contributed by atoms with Crippen molar-refractivity contribution in [3.05, 3.63) is 65.5 Å². The highest BCUT2D eigenvalue weighted by Gasteiger charge is 2.05. The quantitative estimate of drug-likeness (QED) is 0.825. The minimum atomic E-state index is -0.324. The number of benzene rings is 2. The number of nitrogens with one attached hydrogen (secondary N) is 1. The standard InChI is InChI=1S/C16H16FNO/c1-12-4-2-3-5-15(12)18-11-10-16(19)13-6-8-14(17)9-7-13/h2-9,18H,10-11H2,1H3. The molecule has 0 heterocycles. The van der Waals surface area contributed by atoms with Gasteiger partial charge in [-0.3, -0.25) is 4.79 Å². The summed E-state index contributed by atoms with van der Waals surface area (Å²) in [5.74, 6) is -0.310. The first-order valence-electron chi connectivity index (χ1n) is 6.25. The Morgan fingerprint density at radius 1 is 1.11 bits per heavy atom. The number of carbonyl (C=O) groups excluding carboxylic acids is 1. The summed E-state index contributed by atoms with van der Waals surface area (Å²) in [5.41, 5.74) is 2.74. The van der Waals surface area contributed by atoms with Crippen molar-refractivity contribution in [2.45, 2.75) is 13.3 Å². The van der Waals surface area contributed by atoms with Gasteiger partial charge in [-0.1, -0.05) is 18.2 Å². The monoisotopic (exact) mass is 257 g/mol. The van der Waals surface area contributed by atoms with E-state index in [-0.39, 0.29) is 11.6 Å². The molecule has 2 aromatic rings. The largest absolute Gasteiger partial charge is 0.384 e. The van der Waals surface area contributed by atoms with Crippen LogP contribution in [0.5, 0.6) is 0 Å². The van der Waals surface area contributed by atoms with Crippen LogP contribution in [0, 0.1) is 12.7 Å². The predicted molar refractivity (Wildman–Crippen MR) is 75.0 cm³/mol. The first kappa shape index (κ1) is 13.3. The van der Waals surface area contributed by atoms with Crippen molar-refractivity contribution >= 4 is 11.5 Å². The second-order valence-corrected chi connectivity index (χ2v) is 4.42. The van der Waals surface area contributed by atoms with Crippen LogP contribution in [0.4, 0.5) is 10.1 Å². The van der Waals surface area contributed by atoms with Crippen LogP contribution >= 0.6 is 0 Å². The van der Waals surface area contributed by atoms with E-state index in [0.29, 0.717) is 18.5 Å². The zero-order valence-electron chi connectivity index (χ0n) is 10.8. The van der Waals surface area contributed by atoms with E-state index in [1.807, 2.05) is 31.2 Å².